The van der Waals surface area contributed by atoms with Crippen molar-refractivity contribution >= 4 is 39.3 Å². The Morgan fingerprint density at radius 1 is 1.25 bits per heavy atom. The quantitative estimate of drug-likeness (QED) is 0.470. The third kappa shape index (κ3) is 4.75. The number of aromatic nitrogens is 1. The number of furan rings is 1. The van der Waals surface area contributed by atoms with E-state index >= 15 is 0 Å². The molecule has 1 aromatic carbocycles. The molecule has 0 aliphatic carbocycles. The number of nitrogens with zero attached hydrogens (tertiary/aromatic N) is 2. The number of carbonyl (C=O) groups is 1. The topological polar surface area (TPSA) is 55.6 Å². The maximum atomic E-state index is 13.2. The van der Waals surface area contributed by atoms with Gasteiger partial charge in [-0.15, -0.1) is 0 Å². The highest BCUT2D eigenvalue weighted by molar-refractivity contribution is 9.10. The molecule has 1 atom stereocenters. The van der Waals surface area contributed by atoms with Crippen molar-refractivity contribution in [1.82, 2.24) is 4.98 Å². The van der Waals surface area contributed by atoms with E-state index in [0.29, 0.717) is 27.0 Å². The lowest BCUT2D eigenvalue weighted by atomic mass is 10.1. The summed E-state index contributed by atoms with van der Waals surface area (Å²) in [5, 5.41) is 0.699. The first kappa shape index (κ1) is 20.4. The van der Waals surface area contributed by atoms with E-state index in [1.807, 2.05) is 38.1 Å². The van der Waals surface area contributed by atoms with Crippen LogP contribution in [0.1, 0.15) is 23.8 Å². The Morgan fingerprint density at radius 2 is 1.96 bits per heavy atom. The van der Waals surface area contributed by atoms with Crippen LogP contribution in [-0.2, 0) is 11.3 Å². The minimum absolute atomic E-state index is 0.225. The predicted octanol–water partition coefficient (Wildman–Crippen LogP) is 5.71. The predicted molar refractivity (Wildman–Crippen MR) is 113 cm³/mol. The maximum Gasteiger partial charge on any atom is 0.269 e. The second-order valence-electron chi connectivity index (χ2n) is 6.45. The van der Waals surface area contributed by atoms with Gasteiger partial charge in [-0.1, -0.05) is 17.7 Å². The average Bonchev–Trinajstić information content (AvgIpc) is 3.09. The van der Waals surface area contributed by atoms with Crippen LogP contribution in [0.25, 0.3) is 0 Å². The molecule has 0 radical (unpaired) electrons. The van der Waals surface area contributed by atoms with E-state index in [-0.39, 0.29) is 12.5 Å². The minimum Gasteiger partial charge on any atom is -0.481 e. The van der Waals surface area contributed by atoms with Gasteiger partial charge in [-0.25, -0.2) is 4.98 Å². The highest BCUT2D eigenvalue weighted by Crippen LogP contribution is 2.27. The van der Waals surface area contributed by atoms with E-state index in [4.69, 9.17) is 20.8 Å². The van der Waals surface area contributed by atoms with Gasteiger partial charge in [-0.3, -0.25) is 9.69 Å². The molecule has 2 heterocycles. The number of benzene rings is 1. The monoisotopic (exact) mass is 462 g/mol. The average molecular weight is 464 g/mol. The maximum absolute atomic E-state index is 13.2. The van der Waals surface area contributed by atoms with E-state index in [9.17, 15) is 4.79 Å². The third-order valence-electron chi connectivity index (χ3n) is 4.21. The van der Waals surface area contributed by atoms with E-state index in [1.165, 1.54) is 0 Å². The van der Waals surface area contributed by atoms with Gasteiger partial charge in [0.15, 0.2) is 10.8 Å². The molecule has 3 rings (SSSR count). The third-order valence-corrected chi connectivity index (χ3v) is 5.23. The van der Waals surface area contributed by atoms with Crippen molar-refractivity contribution in [2.75, 3.05) is 4.90 Å². The standard InChI is InChI=1S/C21H20BrClN2O3/c1-13-10-17(11-14(2)20(13)23)27-15(3)21(26)25(19-6-4-5-9-24-19)12-16-7-8-18(22)28-16/h4-11,15H,12H2,1-3H3/t15-/m1/s1. The number of carbonyl (C=O) groups excluding carboxylic acids is 1. The molecule has 0 saturated heterocycles. The van der Waals surface area contributed by atoms with Crippen LogP contribution in [0.4, 0.5) is 5.82 Å². The van der Waals surface area contributed by atoms with Gasteiger partial charge in [0.1, 0.15) is 17.3 Å². The molecule has 0 saturated carbocycles. The zero-order chi connectivity index (χ0) is 20.3. The number of ether oxygens (including phenoxy) is 1. The van der Waals surface area contributed by atoms with Gasteiger partial charge < -0.3 is 9.15 Å². The molecule has 2 aromatic heterocycles. The number of aryl methyl sites for hydroxylation is 2. The zero-order valence-corrected chi connectivity index (χ0v) is 18.1. The normalized spacial score (nSPS) is 11.9. The van der Waals surface area contributed by atoms with Crippen molar-refractivity contribution in [2.24, 2.45) is 0 Å². The van der Waals surface area contributed by atoms with Crippen molar-refractivity contribution < 1.29 is 13.9 Å². The summed E-state index contributed by atoms with van der Waals surface area (Å²) in [7, 11) is 0. The summed E-state index contributed by atoms with van der Waals surface area (Å²) in [6.07, 6.45) is 0.922. The summed E-state index contributed by atoms with van der Waals surface area (Å²) in [4.78, 5) is 19.0. The number of pyridine rings is 1. The first-order valence-electron chi connectivity index (χ1n) is 8.75. The lowest BCUT2D eigenvalue weighted by Gasteiger charge is -2.25. The van der Waals surface area contributed by atoms with Crippen molar-refractivity contribution in [1.29, 1.82) is 0 Å². The van der Waals surface area contributed by atoms with Crippen LogP contribution >= 0.6 is 27.5 Å². The second-order valence-corrected chi connectivity index (χ2v) is 7.61. The molecule has 5 nitrogen and oxygen atoms in total. The van der Waals surface area contributed by atoms with E-state index < -0.39 is 6.10 Å². The molecule has 0 N–H and O–H groups in total. The summed E-state index contributed by atoms with van der Waals surface area (Å²) in [6.45, 7) is 5.77. The lowest BCUT2D eigenvalue weighted by molar-refractivity contribution is -0.124. The van der Waals surface area contributed by atoms with Crippen LogP contribution in [0, 0.1) is 13.8 Å². The van der Waals surface area contributed by atoms with Gasteiger partial charge in [0.2, 0.25) is 0 Å². The molecule has 3 aromatic rings. The molecule has 7 heteroatoms. The Hall–Kier alpha value is -2.31. The molecule has 1 amide bonds. The van der Waals surface area contributed by atoms with Crippen molar-refractivity contribution in [2.45, 2.75) is 33.4 Å². The molecular formula is C21H20BrClN2O3. The summed E-state index contributed by atoms with van der Waals surface area (Å²) in [5.41, 5.74) is 1.80. The molecular weight excluding hydrogens is 444 g/mol. The van der Waals surface area contributed by atoms with E-state index in [0.717, 1.165) is 11.1 Å². The summed E-state index contributed by atoms with van der Waals surface area (Å²) in [5.74, 6) is 1.54. The van der Waals surface area contributed by atoms with Gasteiger partial charge >= 0.3 is 0 Å². The van der Waals surface area contributed by atoms with Crippen LogP contribution in [0.3, 0.4) is 0 Å². The van der Waals surface area contributed by atoms with Crippen molar-refractivity contribution in [3.63, 3.8) is 0 Å². The lowest BCUT2D eigenvalue weighted by Crippen LogP contribution is -2.40. The van der Waals surface area contributed by atoms with Crippen molar-refractivity contribution in [3.8, 4) is 5.75 Å². The molecule has 0 unspecified atom stereocenters. The van der Waals surface area contributed by atoms with Crippen LogP contribution in [0.15, 0.2) is 57.7 Å². The van der Waals surface area contributed by atoms with Crippen LogP contribution in [-0.4, -0.2) is 17.0 Å². The largest absolute Gasteiger partial charge is 0.481 e. The summed E-state index contributed by atoms with van der Waals surface area (Å²) in [6, 6.07) is 12.7. The Kier molecular flexibility index (Phi) is 6.42. The first-order valence-corrected chi connectivity index (χ1v) is 9.92. The van der Waals surface area contributed by atoms with E-state index in [1.54, 1.807) is 36.2 Å². The fraction of sp³-hybridized carbons (Fsp3) is 0.238. The smallest absolute Gasteiger partial charge is 0.269 e. The Balaban J connectivity index is 1.83. The number of amides is 1. The molecule has 0 fully saturated rings. The first-order chi connectivity index (χ1) is 13.3. The van der Waals surface area contributed by atoms with Crippen molar-refractivity contribution in [3.05, 3.63) is 75.2 Å². The molecule has 0 bridgehead atoms. The Bertz CT molecular complexity index is 952. The van der Waals surface area contributed by atoms with E-state index in [2.05, 4.69) is 20.9 Å². The Labute approximate surface area is 177 Å². The molecule has 0 spiro atoms. The summed E-state index contributed by atoms with van der Waals surface area (Å²) < 4.78 is 12.1. The molecule has 146 valence electrons. The van der Waals surface area contributed by atoms with Gasteiger partial charge in [0.25, 0.3) is 5.91 Å². The highest BCUT2D eigenvalue weighted by atomic mass is 79.9. The number of rotatable bonds is 6. The molecule has 0 aliphatic heterocycles. The Morgan fingerprint density at radius 3 is 2.54 bits per heavy atom. The van der Waals surface area contributed by atoms with Crippen LogP contribution in [0.5, 0.6) is 5.75 Å². The fourth-order valence-corrected chi connectivity index (χ4v) is 3.28. The number of hydrogen-bond acceptors (Lipinski definition) is 4. The fourth-order valence-electron chi connectivity index (χ4n) is 2.83. The van der Waals surface area contributed by atoms with Gasteiger partial charge in [-0.05, 0) is 84.2 Å². The number of hydrogen-bond donors (Lipinski definition) is 0. The number of anilines is 1. The molecule has 0 aliphatic rings. The summed E-state index contributed by atoms with van der Waals surface area (Å²) >= 11 is 9.50. The molecule has 28 heavy (non-hydrogen) atoms. The second kappa shape index (κ2) is 8.80. The van der Waals surface area contributed by atoms with Gasteiger partial charge in [-0.2, -0.15) is 0 Å². The zero-order valence-electron chi connectivity index (χ0n) is 15.8. The van der Waals surface area contributed by atoms with Gasteiger partial charge in [0, 0.05) is 11.2 Å². The van der Waals surface area contributed by atoms with Crippen LogP contribution < -0.4 is 9.64 Å². The van der Waals surface area contributed by atoms with Crippen LogP contribution in [0.2, 0.25) is 5.02 Å². The SMILES string of the molecule is Cc1cc(O[C@H](C)C(=O)N(Cc2ccc(Br)o2)c2ccccn2)cc(C)c1Cl. The highest BCUT2D eigenvalue weighted by Gasteiger charge is 2.26. The van der Waals surface area contributed by atoms with Gasteiger partial charge in [0.05, 0.1) is 6.54 Å². The minimum atomic E-state index is -0.722. The number of halogens is 2.